The van der Waals surface area contributed by atoms with Gasteiger partial charge in [-0.25, -0.2) is 4.79 Å². The Bertz CT molecular complexity index is 271. The Labute approximate surface area is 95.2 Å². The van der Waals surface area contributed by atoms with Crippen LogP contribution >= 0.6 is 0 Å². The highest BCUT2D eigenvalue weighted by molar-refractivity contribution is 5.87. The van der Waals surface area contributed by atoms with Gasteiger partial charge in [-0.2, -0.15) is 0 Å². The van der Waals surface area contributed by atoms with E-state index in [0.717, 1.165) is 6.42 Å². The summed E-state index contributed by atoms with van der Waals surface area (Å²) in [7, 11) is 0. The van der Waals surface area contributed by atoms with Crippen LogP contribution in [-0.2, 0) is 14.3 Å². The van der Waals surface area contributed by atoms with Crippen molar-refractivity contribution in [2.24, 2.45) is 0 Å². The normalized spacial score (nSPS) is 17.9. The van der Waals surface area contributed by atoms with E-state index in [9.17, 15) is 9.59 Å². The molecule has 0 heterocycles. The molecule has 0 aromatic rings. The molecule has 0 saturated heterocycles. The van der Waals surface area contributed by atoms with Crippen LogP contribution in [0.15, 0.2) is 0 Å². The van der Waals surface area contributed by atoms with Crippen molar-refractivity contribution in [2.45, 2.75) is 51.2 Å². The van der Waals surface area contributed by atoms with Gasteiger partial charge in [-0.15, -0.1) is 0 Å². The van der Waals surface area contributed by atoms with E-state index in [2.05, 4.69) is 5.32 Å². The van der Waals surface area contributed by atoms with Gasteiger partial charge in [0.15, 0.2) is 0 Å². The predicted molar refractivity (Wildman–Crippen MR) is 58.1 cm³/mol. The highest BCUT2D eigenvalue weighted by atomic mass is 16.5. The Kier molecular flexibility index (Phi) is 4.29. The van der Waals surface area contributed by atoms with E-state index >= 15 is 0 Å². The van der Waals surface area contributed by atoms with Gasteiger partial charge >= 0.3 is 5.97 Å². The van der Waals surface area contributed by atoms with E-state index in [-0.39, 0.29) is 18.4 Å². The number of rotatable bonds is 6. The molecule has 0 atom stereocenters. The standard InChI is InChI=1S/C11H19NO4/c1-8(2)16-7-4-9(13)12-11(10(14)15)5-3-6-11/h8H,3-7H2,1-2H3,(H,12,13)(H,14,15). The first-order chi connectivity index (χ1) is 7.46. The minimum Gasteiger partial charge on any atom is -0.480 e. The van der Waals surface area contributed by atoms with E-state index in [0.29, 0.717) is 19.4 Å². The smallest absolute Gasteiger partial charge is 0.329 e. The molecule has 0 bridgehead atoms. The molecule has 0 spiro atoms. The molecule has 16 heavy (non-hydrogen) atoms. The van der Waals surface area contributed by atoms with Crippen molar-refractivity contribution >= 4 is 11.9 Å². The Morgan fingerprint density at radius 1 is 1.44 bits per heavy atom. The molecule has 5 heteroatoms. The molecule has 1 saturated carbocycles. The minimum absolute atomic E-state index is 0.0879. The van der Waals surface area contributed by atoms with Gasteiger partial charge < -0.3 is 15.2 Å². The molecule has 0 aromatic heterocycles. The van der Waals surface area contributed by atoms with Crippen LogP contribution in [0.2, 0.25) is 0 Å². The SMILES string of the molecule is CC(C)OCCC(=O)NC1(C(=O)O)CCC1. The number of carbonyl (C=O) groups is 2. The number of amides is 1. The fourth-order valence-corrected chi connectivity index (χ4v) is 1.64. The molecule has 1 amide bonds. The summed E-state index contributed by atoms with van der Waals surface area (Å²) < 4.78 is 5.23. The van der Waals surface area contributed by atoms with E-state index in [1.165, 1.54) is 0 Å². The molecule has 1 rings (SSSR count). The molecule has 0 aliphatic heterocycles. The lowest BCUT2D eigenvalue weighted by Gasteiger charge is -2.38. The zero-order valence-electron chi connectivity index (χ0n) is 9.78. The second-order valence-corrected chi connectivity index (χ2v) is 4.46. The first kappa shape index (κ1) is 13.0. The largest absolute Gasteiger partial charge is 0.480 e. The van der Waals surface area contributed by atoms with Crippen LogP contribution < -0.4 is 5.32 Å². The van der Waals surface area contributed by atoms with Crippen molar-refractivity contribution in [3.8, 4) is 0 Å². The molecule has 1 aliphatic carbocycles. The lowest BCUT2D eigenvalue weighted by Crippen LogP contribution is -2.59. The van der Waals surface area contributed by atoms with E-state index in [1.807, 2.05) is 13.8 Å². The zero-order valence-corrected chi connectivity index (χ0v) is 9.78. The number of ether oxygens (including phenoxy) is 1. The quantitative estimate of drug-likeness (QED) is 0.710. The Morgan fingerprint density at radius 2 is 2.06 bits per heavy atom. The van der Waals surface area contributed by atoms with E-state index < -0.39 is 11.5 Å². The maximum Gasteiger partial charge on any atom is 0.329 e. The van der Waals surface area contributed by atoms with Crippen molar-refractivity contribution in [1.29, 1.82) is 0 Å². The average Bonchev–Trinajstić information content (AvgIpc) is 2.10. The monoisotopic (exact) mass is 229 g/mol. The zero-order chi connectivity index (χ0) is 12.2. The highest BCUT2D eigenvalue weighted by Crippen LogP contribution is 2.32. The third-order valence-electron chi connectivity index (χ3n) is 2.78. The Hall–Kier alpha value is -1.10. The van der Waals surface area contributed by atoms with Crippen molar-refractivity contribution in [2.75, 3.05) is 6.61 Å². The second-order valence-electron chi connectivity index (χ2n) is 4.46. The second kappa shape index (κ2) is 5.30. The van der Waals surface area contributed by atoms with Crippen molar-refractivity contribution < 1.29 is 19.4 Å². The summed E-state index contributed by atoms with van der Waals surface area (Å²) in [6.45, 7) is 4.12. The van der Waals surface area contributed by atoms with Gasteiger partial charge in [0.2, 0.25) is 5.91 Å². The maximum absolute atomic E-state index is 11.5. The minimum atomic E-state index is -1.01. The summed E-state index contributed by atoms with van der Waals surface area (Å²) in [4.78, 5) is 22.5. The van der Waals surface area contributed by atoms with Gasteiger partial charge in [0.1, 0.15) is 5.54 Å². The third kappa shape index (κ3) is 3.20. The number of hydrogen-bond acceptors (Lipinski definition) is 3. The van der Waals surface area contributed by atoms with Crippen molar-refractivity contribution in [1.82, 2.24) is 5.32 Å². The topological polar surface area (TPSA) is 75.6 Å². The van der Waals surface area contributed by atoms with Crippen LogP contribution in [0.4, 0.5) is 0 Å². The van der Waals surface area contributed by atoms with Crippen LogP contribution in [-0.4, -0.2) is 35.2 Å². The molecule has 0 unspecified atom stereocenters. The third-order valence-corrected chi connectivity index (χ3v) is 2.78. The Morgan fingerprint density at radius 3 is 2.44 bits per heavy atom. The van der Waals surface area contributed by atoms with Gasteiger partial charge in [0, 0.05) is 6.42 Å². The summed E-state index contributed by atoms with van der Waals surface area (Å²) in [5, 5.41) is 11.6. The van der Waals surface area contributed by atoms with Gasteiger partial charge in [-0.1, -0.05) is 0 Å². The fraction of sp³-hybridized carbons (Fsp3) is 0.818. The molecule has 1 aliphatic rings. The summed E-state index contributed by atoms with van der Waals surface area (Å²) >= 11 is 0. The molecule has 5 nitrogen and oxygen atoms in total. The molecular formula is C11H19NO4. The number of nitrogens with one attached hydrogen (secondary N) is 1. The van der Waals surface area contributed by atoms with Crippen LogP contribution in [0.3, 0.4) is 0 Å². The summed E-state index contributed by atoms with van der Waals surface area (Å²) in [6, 6.07) is 0. The Balaban J connectivity index is 2.30. The summed E-state index contributed by atoms with van der Waals surface area (Å²) in [6.07, 6.45) is 2.21. The van der Waals surface area contributed by atoms with Crippen LogP contribution in [0, 0.1) is 0 Å². The highest BCUT2D eigenvalue weighted by Gasteiger charge is 2.45. The van der Waals surface area contributed by atoms with Crippen LogP contribution in [0.25, 0.3) is 0 Å². The number of carbonyl (C=O) groups excluding carboxylic acids is 1. The van der Waals surface area contributed by atoms with Gasteiger partial charge in [0.25, 0.3) is 0 Å². The molecular weight excluding hydrogens is 210 g/mol. The van der Waals surface area contributed by atoms with Crippen molar-refractivity contribution in [3.05, 3.63) is 0 Å². The van der Waals surface area contributed by atoms with Crippen molar-refractivity contribution in [3.63, 3.8) is 0 Å². The van der Waals surface area contributed by atoms with E-state index in [1.54, 1.807) is 0 Å². The lowest BCUT2D eigenvalue weighted by molar-refractivity contribution is -0.152. The summed E-state index contributed by atoms with van der Waals surface area (Å²) in [5.74, 6) is -1.18. The first-order valence-corrected chi connectivity index (χ1v) is 5.62. The summed E-state index contributed by atoms with van der Waals surface area (Å²) in [5.41, 5.74) is -1.01. The molecule has 0 radical (unpaired) electrons. The predicted octanol–water partition coefficient (Wildman–Crippen LogP) is 0.925. The average molecular weight is 229 g/mol. The van der Waals surface area contributed by atoms with E-state index in [4.69, 9.17) is 9.84 Å². The number of carboxylic acids is 1. The molecule has 1 fully saturated rings. The van der Waals surface area contributed by atoms with Gasteiger partial charge in [-0.3, -0.25) is 4.79 Å². The molecule has 92 valence electrons. The molecule has 2 N–H and O–H groups in total. The van der Waals surface area contributed by atoms with Gasteiger partial charge in [0.05, 0.1) is 12.7 Å². The number of carboxylic acid groups (broad SMARTS) is 1. The lowest BCUT2D eigenvalue weighted by atomic mass is 9.76. The maximum atomic E-state index is 11.5. The first-order valence-electron chi connectivity index (χ1n) is 5.62. The van der Waals surface area contributed by atoms with Crippen LogP contribution in [0.1, 0.15) is 39.5 Å². The fourth-order valence-electron chi connectivity index (χ4n) is 1.64. The number of hydrogen-bond donors (Lipinski definition) is 2. The van der Waals surface area contributed by atoms with Gasteiger partial charge in [-0.05, 0) is 33.1 Å². The molecule has 0 aromatic carbocycles. The van der Waals surface area contributed by atoms with Crippen LogP contribution in [0.5, 0.6) is 0 Å². The number of aliphatic carboxylic acids is 1.